The largest absolute Gasteiger partial charge is 0.335 e. The number of benzene rings is 1. The Balaban J connectivity index is 1.81. The van der Waals surface area contributed by atoms with E-state index in [2.05, 4.69) is 16.0 Å². The predicted octanol–water partition coefficient (Wildman–Crippen LogP) is 3.41. The molecule has 7 nitrogen and oxygen atoms in total. The van der Waals surface area contributed by atoms with Crippen molar-refractivity contribution in [2.24, 2.45) is 0 Å². The van der Waals surface area contributed by atoms with Crippen LogP contribution in [0.15, 0.2) is 18.2 Å². The van der Waals surface area contributed by atoms with Gasteiger partial charge in [-0.15, -0.1) is 0 Å². The molecule has 1 aliphatic carbocycles. The van der Waals surface area contributed by atoms with E-state index in [1.807, 2.05) is 0 Å². The minimum Gasteiger partial charge on any atom is -0.335 e. The number of rotatable bonds is 6. The lowest BCUT2D eigenvalue weighted by atomic mass is 9.96. The van der Waals surface area contributed by atoms with Crippen molar-refractivity contribution in [3.05, 3.63) is 28.2 Å². The fraction of sp³-hybridized carbons (Fsp3) is 0.526. The number of likely N-dealkylation sites (N-methyl/N-ethyl adjacent to an activating group) is 1. The number of imide groups is 1. The van der Waals surface area contributed by atoms with Crippen LogP contribution < -0.4 is 16.0 Å². The van der Waals surface area contributed by atoms with E-state index in [0.29, 0.717) is 15.7 Å². The van der Waals surface area contributed by atoms with Crippen LogP contribution in [0, 0.1) is 0 Å². The Morgan fingerprint density at radius 3 is 2.36 bits per heavy atom. The summed E-state index contributed by atoms with van der Waals surface area (Å²) in [4.78, 5) is 38.1. The maximum absolute atomic E-state index is 12.3. The lowest BCUT2D eigenvalue weighted by Crippen LogP contribution is -2.51. The molecule has 1 fully saturated rings. The molecular formula is C19H26Cl2N4O3. The summed E-state index contributed by atoms with van der Waals surface area (Å²) in [6, 6.07) is 3.86. The van der Waals surface area contributed by atoms with Gasteiger partial charge >= 0.3 is 6.03 Å². The molecule has 28 heavy (non-hydrogen) atoms. The highest BCUT2D eigenvalue weighted by Crippen LogP contribution is 2.29. The molecule has 0 radical (unpaired) electrons. The van der Waals surface area contributed by atoms with Crippen molar-refractivity contribution in [3.8, 4) is 0 Å². The minimum atomic E-state index is -0.676. The Morgan fingerprint density at radius 2 is 1.75 bits per heavy atom. The van der Waals surface area contributed by atoms with Gasteiger partial charge in [0.1, 0.15) is 0 Å². The van der Waals surface area contributed by atoms with E-state index in [-0.39, 0.29) is 18.5 Å². The number of para-hydroxylation sites is 1. The van der Waals surface area contributed by atoms with Gasteiger partial charge in [-0.2, -0.15) is 0 Å². The van der Waals surface area contributed by atoms with E-state index in [1.165, 1.54) is 11.3 Å². The van der Waals surface area contributed by atoms with Gasteiger partial charge in [0.2, 0.25) is 11.8 Å². The number of hydrogen-bond donors (Lipinski definition) is 3. The number of urea groups is 1. The van der Waals surface area contributed by atoms with Crippen molar-refractivity contribution >= 4 is 46.7 Å². The number of hydrogen-bond acceptors (Lipinski definition) is 4. The Kier molecular flexibility index (Phi) is 8.54. The molecule has 0 bridgehead atoms. The van der Waals surface area contributed by atoms with Crippen LogP contribution in [0.25, 0.3) is 0 Å². The first-order valence-electron chi connectivity index (χ1n) is 9.33. The van der Waals surface area contributed by atoms with Gasteiger partial charge in [0.05, 0.1) is 28.3 Å². The summed E-state index contributed by atoms with van der Waals surface area (Å²) in [6.45, 7) is 1.55. The SMILES string of the molecule is CC(C(=O)NC(=O)NC1CCCCC1)N(C)CC(=O)Nc1c(Cl)cccc1Cl. The molecule has 154 valence electrons. The second kappa shape index (κ2) is 10.6. The molecular weight excluding hydrogens is 403 g/mol. The van der Waals surface area contributed by atoms with Gasteiger partial charge in [-0.05, 0) is 38.9 Å². The monoisotopic (exact) mass is 428 g/mol. The summed E-state index contributed by atoms with van der Waals surface area (Å²) in [5, 5.41) is 8.47. The lowest BCUT2D eigenvalue weighted by Gasteiger charge is -2.25. The van der Waals surface area contributed by atoms with E-state index in [9.17, 15) is 14.4 Å². The minimum absolute atomic E-state index is 0.0691. The molecule has 1 atom stereocenters. The van der Waals surface area contributed by atoms with Crippen LogP contribution in [0.5, 0.6) is 0 Å². The number of carbonyl (C=O) groups excluding carboxylic acids is 3. The highest BCUT2D eigenvalue weighted by atomic mass is 35.5. The summed E-state index contributed by atoms with van der Waals surface area (Å²) >= 11 is 12.1. The molecule has 0 heterocycles. The topological polar surface area (TPSA) is 90.5 Å². The Hall–Kier alpha value is -1.83. The van der Waals surface area contributed by atoms with Crippen LogP contribution in [0.1, 0.15) is 39.0 Å². The first-order valence-corrected chi connectivity index (χ1v) is 10.1. The molecule has 1 aliphatic rings. The highest BCUT2D eigenvalue weighted by Gasteiger charge is 2.23. The number of anilines is 1. The highest BCUT2D eigenvalue weighted by molar-refractivity contribution is 6.39. The predicted molar refractivity (Wildman–Crippen MR) is 111 cm³/mol. The van der Waals surface area contributed by atoms with Gasteiger partial charge < -0.3 is 10.6 Å². The zero-order valence-corrected chi connectivity index (χ0v) is 17.6. The van der Waals surface area contributed by atoms with Crippen LogP contribution in [0.2, 0.25) is 10.0 Å². The van der Waals surface area contributed by atoms with E-state index in [0.717, 1.165) is 25.7 Å². The molecule has 1 aromatic rings. The van der Waals surface area contributed by atoms with Crippen molar-refractivity contribution in [2.75, 3.05) is 18.9 Å². The summed E-state index contributed by atoms with van der Waals surface area (Å²) in [6.07, 6.45) is 5.22. The van der Waals surface area contributed by atoms with Crippen molar-refractivity contribution in [2.45, 2.75) is 51.1 Å². The maximum Gasteiger partial charge on any atom is 0.321 e. The van der Waals surface area contributed by atoms with Crippen LogP contribution >= 0.6 is 23.2 Å². The summed E-state index contributed by atoms with van der Waals surface area (Å²) < 4.78 is 0. The third kappa shape index (κ3) is 6.65. The normalized spacial score (nSPS) is 15.8. The molecule has 3 N–H and O–H groups in total. The number of carbonyl (C=O) groups is 3. The average molecular weight is 429 g/mol. The lowest BCUT2D eigenvalue weighted by molar-refractivity contribution is -0.125. The van der Waals surface area contributed by atoms with Gasteiger partial charge in [-0.3, -0.25) is 19.8 Å². The third-order valence-corrected chi connectivity index (χ3v) is 5.47. The van der Waals surface area contributed by atoms with Crippen LogP contribution in [0.4, 0.5) is 10.5 Å². The van der Waals surface area contributed by atoms with Crippen molar-refractivity contribution < 1.29 is 14.4 Å². The molecule has 0 spiro atoms. The fourth-order valence-corrected chi connectivity index (χ4v) is 3.54. The second-order valence-corrected chi connectivity index (χ2v) is 7.85. The standard InChI is InChI=1S/C19H26Cl2N4O3/c1-12(18(27)24-19(28)22-13-7-4-3-5-8-13)25(2)11-16(26)23-17-14(20)9-6-10-15(17)21/h6,9-10,12-13H,3-5,7-8,11H2,1-2H3,(H,23,26)(H2,22,24,27,28). The molecule has 0 aromatic heterocycles. The summed E-state index contributed by atoms with van der Waals surface area (Å²) in [5.41, 5.74) is 0.327. The number of amides is 4. The van der Waals surface area contributed by atoms with E-state index in [4.69, 9.17) is 23.2 Å². The smallest absolute Gasteiger partial charge is 0.321 e. The van der Waals surface area contributed by atoms with Gasteiger partial charge in [0.25, 0.3) is 0 Å². The van der Waals surface area contributed by atoms with Crippen molar-refractivity contribution in [1.82, 2.24) is 15.5 Å². The maximum atomic E-state index is 12.3. The van der Waals surface area contributed by atoms with E-state index >= 15 is 0 Å². The quantitative estimate of drug-likeness (QED) is 0.647. The van der Waals surface area contributed by atoms with Gasteiger partial charge in [-0.25, -0.2) is 4.79 Å². The number of nitrogens with one attached hydrogen (secondary N) is 3. The summed E-state index contributed by atoms with van der Waals surface area (Å²) in [5.74, 6) is -0.844. The molecule has 1 saturated carbocycles. The van der Waals surface area contributed by atoms with Crippen LogP contribution in [-0.4, -0.2) is 48.4 Å². The average Bonchev–Trinajstić information content (AvgIpc) is 2.64. The first-order chi connectivity index (χ1) is 13.3. The van der Waals surface area contributed by atoms with Crippen molar-refractivity contribution in [1.29, 1.82) is 0 Å². The Labute approximate surface area is 175 Å². The number of halogens is 2. The van der Waals surface area contributed by atoms with E-state index < -0.39 is 18.0 Å². The second-order valence-electron chi connectivity index (χ2n) is 7.03. The Bertz CT molecular complexity index is 703. The molecule has 2 rings (SSSR count). The fourth-order valence-electron chi connectivity index (χ4n) is 3.04. The molecule has 1 unspecified atom stereocenters. The van der Waals surface area contributed by atoms with Gasteiger partial charge in [-0.1, -0.05) is 48.5 Å². The van der Waals surface area contributed by atoms with Crippen molar-refractivity contribution in [3.63, 3.8) is 0 Å². The molecule has 1 aromatic carbocycles. The first kappa shape index (κ1) is 22.5. The molecule has 0 saturated heterocycles. The zero-order chi connectivity index (χ0) is 20.7. The van der Waals surface area contributed by atoms with Gasteiger partial charge in [0.15, 0.2) is 0 Å². The van der Waals surface area contributed by atoms with E-state index in [1.54, 1.807) is 32.2 Å². The van der Waals surface area contributed by atoms with Gasteiger partial charge in [0, 0.05) is 6.04 Å². The molecule has 9 heteroatoms. The summed E-state index contributed by atoms with van der Waals surface area (Å²) in [7, 11) is 1.62. The Morgan fingerprint density at radius 1 is 1.14 bits per heavy atom. The van der Waals surface area contributed by atoms with Crippen LogP contribution in [-0.2, 0) is 9.59 Å². The third-order valence-electron chi connectivity index (χ3n) is 4.84. The van der Waals surface area contributed by atoms with Crippen LogP contribution in [0.3, 0.4) is 0 Å². The number of nitrogens with zero attached hydrogens (tertiary/aromatic N) is 1. The molecule has 4 amide bonds. The zero-order valence-electron chi connectivity index (χ0n) is 16.1. The molecule has 0 aliphatic heterocycles.